The lowest BCUT2D eigenvalue weighted by molar-refractivity contribution is -0.118. The van der Waals surface area contributed by atoms with Gasteiger partial charge in [0.05, 0.1) is 22.4 Å². The number of ether oxygens (including phenoxy) is 2. The monoisotopic (exact) mass is 362 g/mol. The largest absolute Gasteiger partial charge is 0.489 e. The summed E-state index contributed by atoms with van der Waals surface area (Å²) < 4.78 is 38.8. The Kier molecular flexibility index (Phi) is 4.54. The Morgan fingerprint density at radius 2 is 1.96 bits per heavy atom. The van der Waals surface area contributed by atoms with Crippen LogP contribution in [0, 0.1) is 0 Å². The lowest BCUT2D eigenvalue weighted by atomic mass is 10.2. The number of para-hydroxylation sites is 2. The minimum atomic E-state index is -3.86. The zero-order valence-corrected chi connectivity index (χ0v) is 14.6. The van der Waals surface area contributed by atoms with Crippen molar-refractivity contribution in [3.8, 4) is 11.5 Å². The van der Waals surface area contributed by atoms with Crippen LogP contribution in [0.2, 0.25) is 0 Å². The zero-order valence-electron chi connectivity index (χ0n) is 13.8. The van der Waals surface area contributed by atoms with Gasteiger partial charge in [-0.15, -0.1) is 0 Å². The number of rotatable bonds is 5. The van der Waals surface area contributed by atoms with E-state index in [4.69, 9.17) is 9.47 Å². The molecule has 8 heteroatoms. The van der Waals surface area contributed by atoms with Gasteiger partial charge in [0.25, 0.3) is 15.9 Å². The number of fused-ring (bicyclic) bond motifs is 1. The predicted molar refractivity (Wildman–Crippen MR) is 93.6 cm³/mol. The van der Waals surface area contributed by atoms with Crippen molar-refractivity contribution in [2.24, 2.45) is 0 Å². The third-order valence-corrected chi connectivity index (χ3v) is 4.75. The van der Waals surface area contributed by atoms with Crippen LogP contribution in [0.1, 0.15) is 13.8 Å². The number of carbonyl (C=O) groups is 1. The Hall–Kier alpha value is -2.74. The summed E-state index contributed by atoms with van der Waals surface area (Å²) in [6.07, 6.45) is -0.0956. The van der Waals surface area contributed by atoms with Crippen molar-refractivity contribution in [1.82, 2.24) is 0 Å². The van der Waals surface area contributed by atoms with Gasteiger partial charge in [0.15, 0.2) is 6.61 Å². The lowest BCUT2D eigenvalue weighted by Crippen LogP contribution is -2.25. The van der Waals surface area contributed by atoms with E-state index in [1.807, 2.05) is 13.8 Å². The molecule has 7 nitrogen and oxygen atoms in total. The fourth-order valence-corrected chi connectivity index (χ4v) is 3.44. The standard InChI is InChI=1S/C17H18N2O5S/c1-11(2)24-16-6-4-3-5-13(16)19-25(21,22)12-7-8-15-14(9-12)18-17(20)10-23-15/h3-9,11,19H,10H2,1-2H3,(H,18,20). The molecule has 0 atom stereocenters. The molecule has 3 rings (SSSR count). The average Bonchev–Trinajstić information content (AvgIpc) is 2.55. The smallest absolute Gasteiger partial charge is 0.262 e. The summed E-state index contributed by atoms with van der Waals surface area (Å²) >= 11 is 0. The van der Waals surface area contributed by atoms with Crippen molar-refractivity contribution < 1.29 is 22.7 Å². The third kappa shape index (κ3) is 3.85. The van der Waals surface area contributed by atoms with Gasteiger partial charge in [-0.2, -0.15) is 0 Å². The number of hydrogen-bond donors (Lipinski definition) is 2. The first kappa shape index (κ1) is 17.1. The van der Waals surface area contributed by atoms with E-state index in [0.29, 0.717) is 22.9 Å². The number of carbonyl (C=O) groups excluding carboxylic acids is 1. The Morgan fingerprint density at radius 1 is 1.20 bits per heavy atom. The molecule has 0 aliphatic carbocycles. The fraction of sp³-hybridized carbons (Fsp3) is 0.235. The molecule has 0 bridgehead atoms. The Bertz CT molecular complexity index is 909. The summed E-state index contributed by atoms with van der Waals surface area (Å²) in [4.78, 5) is 11.4. The van der Waals surface area contributed by atoms with Crippen LogP contribution in [-0.4, -0.2) is 27.0 Å². The number of hydrogen-bond acceptors (Lipinski definition) is 5. The molecule has 2 aromatic carbocycles. The molecular weight excluding hydrogens is 344 g/mol. The van der Waals surface area contributed by atoms with Crippen LogP contribution < -0.4 is 19.5 Å². The summed E-state index contributed by atoms with van der Waals surface area (Å²) in [5.41, 5.74) is 0.667. The van der Waals surface area contributed by atoms with Crippen molar-refractivity contribution >= 4 is 27.3 Å². The zero-order chi connectivity index (χ0) is 18.0. The molecule has 1 aliphatic heterocycles. The van der Waals surface area contributed by atoms with Gasteiger partial charge in [0.2, 0.25) is 0 Å². The van der Waals surface area contributed by atoms with E-state index in [1.165, 1.54) is 18.2 Å². The highest BCUT2D eigenvalue weighted by Crippen LogP contribution is 2.32. The van der Waals surface area contributed by atoms with Crippen LogP contribution in [0.3, 0.4) is 0 Å². The van der Waals surface area contributed by atoms with Gasteiger partial charge in [0, 0.05) is 0 Å². The summed E-state index contributed by atoms with van der Waals surface area (Å²) in [6.45, 7) is 3.63. The van der Waals surface area contributed by atoms with Crippen molar-refractivity contribution in [3.05, 3.63) is 42.5 Å². The maximum atomic E-state index is 12.7. The second-order valence-electron chi connectivity index (χ2n) is 5.76. The Balaban J connectivity index is 1.91. The van der Waals surface area contributed by atoms with Crippen LogP contribution in [-0.2, 0) is 14.8 Å². The maximum Gasteiger partial charge on any atom is 0.262 e. The molecule has 0 spiro atoms. The summed E-state index contributed by atoms with van der Waals surface area (Å²) in [5.74, 6) is 0.545. The molecule has 1 amide bonds. The van der Waals surface area contributed by atoms with Crippen LogP contribution in [0.4, 0.5) is 11.4 Å². The van der Waals surface area contributed by atoms with Crippen LogP contribution >= 0.6 is 0 Å². The molecule has 0 unspecified atom stereocenters. The minimum absolute atomic E-state index is 0.0106. The first-order chi connectivity index (χ1) is 11.8. The first-order valence-corrected chi connectivity index (χ1v) is 9.19. The molecule has 0 fully saturated rings. The van der Waals surface area contributed by atoms with Gasteiger partial charge in [-0.05, 0) is 44.2 Å². The molecule has 132 valence electrons. The van der Waals surface area contributed by atoms with Gasteiger partial charge in [-0.1, -0.05) is 12.1 Å². The van der Waals surface area contributed by atoms with E-state index in [0.717, 1.165) is 0 Å². The molecule has 2 N–H and O–H groups in total. The normalized spacial score (nSPS) is 13.6. The van der Waals surface area contributed by atoms with Crippen molar-refractivity contribution in [2.45, 2.75) is 24.8 Å². The van der Waals surface area contributed by atoms with E-state index in [9.17, 15) is 13.2 Å². The predicted octanol–water partition coefficient (Wildman–Crippen LogP) is 2.61. The number of anilines is 2. The molecule has 0 saturated carbocycles. The van der Waals surface area contributed by atoms with E-state index in [1.54, 1.807) is 24.3 Å². The highest BCUT2D eigenvalue weighted by Gasteiger charge is 2.22. The van der Waals surface area contributed by atoms with E-state index in [2.05, 4.69) is 10.0 Å². The van der Waals surface area contributed by atoms with Crippen molar-refractivity contribution in [1.29, 1.82) is 0 Å². The van der Waals surface area contributed by atoms with Crippen molar-refractivity contribution in [2.75, 3.05) is 16.6 Å². The molecule has 0 radical (unpaired) electrons. The van der Waals surface area contributed by atoms with Gasteiger partial charge in [-0.25, -0.2) is 8.42 Å². The van der Waals surface area contributed by atoms with Gasteiger partial charge in [-0.3, -0.25) is 9.52 Å². The van der Waals surface area contributed by atoms with E-state index < -0.39 is 10.0 Å². The van der Waals surface area contributed by atoms with Gasteiger partial charge >= 0.3 is 0 Å². The van der Waals surface area contributed by atoms with Crippen LogP contribution in [0.15, 0.2) is 47.4 Å². The topological polar surface area (TPSA) is 93.7 Å². The van der Waals surface area contributed by atoms with Gasteiger partial charge < -0.3 is 14.8 Å². The minimum Gasteiger partial charge on any atom is -0.489 e. The fourth-order valence-electron chi connectivity index (χ4n) is 2.34. The Labute approximate surface area is 146 Å². The number of sulfonamides is 1. The Morgan fingerprint density at radius 3 is 2.72 bits per heavy atom. The number of nitrogens with one attached hydrogen (secondary N) is 2. The SMILES string of the molecule is CC(C)Oc1ccccc1NS(=O)(=O)c1ccc2c(c1)NC(=O)CO2. The van der Waals surface area contributed by atoms with Gasteiger partial charge in [0.1, 0.15) is 11.5 Å². The molecule has 25 heavy (non-hydrogen) atoms. The third-order valence-electron chi connectivity index (χ3n) is 3.39. The number of amides is 1. The quantitative estimate of drug-likeness (QED) is 0.853. The number of benzene rings is 2. The second-order valence-corrected chi connectivity index (χ2v) is 7.45. The van der Waals surface area contributed by atoms with E-state index >= 15 is 0 Å². The maximum absolute atomic E-state index is 12.7. The average molecular weight is 362 g/mol. The summed E-state index contributed by atoms with van der Waals surface area (Å²) in [6, 6.07) is 11.1. The first-order valence-electron chi connectivity index (χ1n) is 7.70. The van der Waals surface area contributed by atoms with Crippen LogP contribution in [0.25, 0.3) is 0 Å². The second kappa shape index (κ2) is 6.64. The molecule has 2 aromatic rings. The van der Waals surface area contributed by atoms with E-state index in [-0.39, 0.29) is 23.5 Å². The molecule has 0 aromatic heterocycles. The lowest BCUT2D eigenvalue weighted by Gasteiger charge is -2.19. The molecule has 0 saturated heterocycles. The summed E-state index contributed by atoms with van der Waals surface area (Å²) in [5, 5.41) is 2.59. The van der Waals surface area contributed by atoms with Crippen molar-refractivity contribution in [3.63, 3.8) is 0 Å². The molecule has 1 aliphatic rings. The molecule has 1 heterocycles. The highest BCUT2D eigenvalue weighted by molar-refractivity contribution is 7.92. The summed E-state index contributed by atoms with van der Waals surface area (Å²) in [7, 11) is -3.86. The molecular formula is C17H18N2O5S. The van der Waals surface area contributed by atoms with Crippen LogP contribution in [0.5, 0.6) is 11.5 Å². The highest BCUT2D eigenvalue weighted by atomic mass is 32.2.